The van der Waals surface area contributed by atoms with E-state index in [1.54, 1.807) is 9.80 Å². The van der Waals surface area contributed by atoms with Crippen LogP contribution in [0, 0.1) is 5.92 Å². The van der Waals surface area contributed by atoms with Gasteiger partial charge in [0.25, 0.3) is 0 Å². The fraction of sp³-hybridized carbons (Fsp3) is 0.833. The number of nitrogens with zero attached hydrogens (tertiary/aromatic N) is 2. The Morgan fingerprint density at radius 2 is 1.79 bits per heavy atom. The predicted octanol–water partition coefficient (Wildman–Crippen LogP) is 1.54. The Hall–Kier alpha value is -1.59. The third kappa shape index (κ3) is 4.48. The molecule has 136 valence electrons. The molecule has 6 nitrogen and oxygen atoms in total. The van der Waals surface area contributed by atoms with E-state index in [1.165, 1.54) is 0 Å². The third-order valence-electron chi connectivity index (χ3n) is 5.00. The number of carbonyl (C=O) groups is 3. The summed E-state index contributed by atoms with van der Waals surface area (Å²) in [6.45, 7) is 6.88. The van der Waals surface area contributed by atoms with Crippen LogP contribution in [0.25, 0.3) is 0 Å². The molecule has 1 unspecified atom stereocenters. The summed E-state index contributed by atoms with van der Waals surface area (Å²) in [7, 11) is 0. The van der Waals surface area contributed by atoms with Gasteiger partial charge in [0.15, 0.2) is 0 Å². The molecule has 0 aromatic carbocycles. The van der Waals surface area contributed by atoms with Gasteiger partial charge in [0.1, 0.15) is 6.04 Å². The number of amides is 3. The van der Waals surface area contributed by atoms with E-state index in [0.717, 1.165) is 32.1 Å². The molecular weight excluding hydrogens is 306 g/mol. The van der Waals surface area contributed by atoms with E-state index in [0.29, 0.717) is 19.5 Å². The minimum absolute atomic E-state index is 0.0539. The first-order valence-electron chi connectivity index (χ1n) is 9.32. The molecule has 2 aliphatic rings. The average Bonchev–Trinajstić information content (AvgIpc) is 3.21. The second kappa shape index (κ2) is 8.49. The third-order valence-corrected chi connectivity index (χ3v) is 5.00. The van der Waals surface area contributed by atoms with Gasteiger partial charge in [-0.1, -0.05) is 12.8 Å². The molecule has 1 N–H and O–H groups in total. The first-order valence-corrected chi connectivity index (χ1v) is 9.32. The Kier molecular flexibility index (Phi) is 6.63. The van der Waals surface area contributed by atoms with Gasteiger partial charge in [-0.25, -0.2) is 0 Å². The number of likely N-dealkylation sites (N-methyl/N-ethyl adjacent to an activating group) is 1. The maximum atomic E-state index is 12.9. The lowest BCUT2D eigenvalue weighted by Crippen LogP contribution is -2.51. The first kappa shape index (κ1) is 18.7. The largest absolute Gasteiger partial charge is 0.352 e. The van der Waals surface area contributed by atoms with Crippen LogP contribution >= 0.6 is 0 Å². The highest BCUT2D eigenvalue weighted by atomic mass is 16.2. The highest BCUT2D eigenvalue weighted by molar-refractivity contribution is 5.91. The smallest absolute Gasteiger partial charge is 0.245 e. The number of likely N-dealkylation sites (tertiary alicyclic amines) is 1. The molecule has 1 aliphatic carbocycles. The standard InChI is InChI=1S/C18H31N3O3/c1-4-20(12-16(22)19-13(2)3)18(24)15-10-7-11-21(15)17(23)14-8-5-6-9-14/h13-15H,4-12H2,1-3H3,(H,19,22). The Balaban J connectivity index is 1.99. The topological polar surface area (TPSA) is 69.7 Å². The van der Waals surface area contributed by atoms with Gasteiger partial charge in [0.05, 0.1) is 6.54 Å². The van der Waals surface area contributed by atoms with Crippen molar-refractivity contribution in [2.75, 3.05) is 19.6 Å². The van der Waals surface area contributed by atoms with Gasteiger partial charge in [-0.2, -0.15) is 0 Å². The molecule has 1 saturated heterocycles. The van der Waals surface area contributed by atoms with Crippen molar-refractivity contribution in [3.05, 3.63) is 0 Å². The van der Waals surface area contributed by atoms with Crippen LogP contribution in [0.3, 0.4) is 0 Å². The minimum Gasteiger partial charge on any atom is -0.352 e. The van der Waals surface area contributed by atoms with Crippen molar-refractivity contribution in [3.63, 3.8) is 0 Å². The molecule has 6 heteroatoms. The summed E-state index contributed by atoms with van der Waals surface area (Å²) in [5, 5.41) is 2.82. The van der Waals surface area contributed by atoms with Crippen molar-refractivity contribution in [2.24, 2.45) is 5.92 Å². The summed E-state index contributed by atoms with van der Waals surface area (Å²) in [5.41, 5.74) is 0. The molecule has 0 spiro atoms. The van der Waals surface area contributed by atoms with Gasteiger partial charge in [-0.15, -0.1) is 0 Å². The van der Waals surface area contributed by atoms with Crippen LogP contribution in [0.1, 0.15) is 59.3 Å². The molecule has 24 heavy (non-hydrogen) atoms. The lowest BCUT2D eigenvalue weighted by Gasteiger charge is -2.31. The first-order chi connectivity index (χ1) is 11.4. The molecule has 1 atom stereocenters. The van der Waals surface area contributed by atoms with Crippen LogP contribution in [0.2, 0.25) is 0 Å². The number of carbonyl (C=O) groups excluding carboxylic acids is 3. The highest BCUT2D eigenvalue weighted by Crippen LogP contribution is 2.30. The van der Waals surface area contributed by atoms with Crippen LogP contribution in [-0.4, -0.2) is 59.2 Å². The van der Waals surface area contributed by atoms with Gasteiger partial charge < -0.3 is 15.1 Å². The minimum atomic E-state index is -0.384. The van der Waals surface area contributed by atoms with Crippen molar-refractivity contribution >= 4 is 17.7 Å². The zero-order valence-corrected chi connectivity index (χ0v) is 15.2. The summed E-state index contributed by atoms with van der Waals surface area (Å²) < 4.78 is 0. The van der Waals surface area contributed by atoms with E-state index in [9.17, 15) is 14.4 Å². The highest BCUT2D eigenvalue weighted by Gasteiger charge is 2.39. The van der Waals surface area contributed by atoms with E-state index >= 15 is 0 Å². The Morgan fingerprint density at radius 3 is 2.38 bits per heavy atom. The van der Waals surface area contributed by atoms with Crippen molar-refractivity contribution in [3.8, 4) is 0 Å². The summed E-state index contributed by atoms with van der Waals surface area (Å²) in [6, 6.07) is -0.330. The second-order valence-corrected chi connectivity index (χ2v) is 7.25. The number of hydrogen-bond acceptors (Lipinski definition) is 3. The van der Waals surface area contributed by atoms with E-state index in [2.05, 4.69) is 5.32 Å². The lowest BCUT2D eigenvalue weighted by molar-refractivity contribution is -0.147. The van der Waals surface area contributed by atoms with E-state index < -0.39 is 0 Å². The molecule has 0 bridgehead atoms. The van der Waals surface area contributed by atoms with Crippen LogP contribution in [0.4, 0.5) is 0 Å². The normalized spacial score (nSPS) is 21.3. The van der Waals surface area contributed by atoms with Gasteiger partial charge in [0.2, 0.25) is 17.7 Å². The molecule has 1 saturated carbocycles. The molecule has 2 rings (SSSR count). The zero-order valence-electron chi connectivity index (χ0n) is 15.2. The van der Waals surface area contributed by atoms with Gasteiger partial charge >= 0.3 is 0 Å². The number of nitrogens with one attached hydrogen (secondary N) is 1. The van der Waals surface area contributed by atoms with E-state index in [4.69, 9.17) is 0 Å². The molecule has 0 aromatic rings. The average molecular weight is 337 g/mol. The summed E-state index contributed by atoms with van der Waals surface area (Å²) >= 11 is 0. The molecule has 1 heterocycles. The van der Waals surface area contributed by atoms with Crippen LogP contribution in [-0.2, 0) is 14.4 Å². The zero-order chi connectivity index (χ0) is 17.7. The Morgan fingerprint density at radius 1 is 1.12 bits per heavy atom. The van der Waals surface area contributed by atoms with Crippen molar-refractivity contribution in [2.45, 2.75) is 71.4 Å². The van der Waals surface area contributed by atoms with Gasteiger partial charge in [-0.05, 0) is 46.5 Å². The van der Waals surface area contributed by atoms with Crippen molar-refractivity contribution < 1.29 is 14.4 Å². The lowest BCUT2D eigenvalue weighted by atomic mass is 10.1. The second-order valence-electron chi connectivity index (χ2n) is 7.25. The molecular formula is C18H31N3O3. The van der Waals surface area contributed by atoms with Crippen LogP contribution < -0.4 is 5.32 Å². The SMILES string of the molecule is CCN(CC(=O)NC(C)C)C(=O)C1CCCN1C(=O)C1CCCC1. The predicted molar refractivity (Wildman–Crippen MR) is 92.2 cm³/mol. The quantitative estimate of drug-likeness (QED) is 0.799. The molecule has 3 amide bonds. The van der Waals surface area contributed by atoms with Crippen molar-refractivity contribution in [1.82, 2.24) is 15.1 Å². The fourth-order valence-corrected chi connectivity index (χ4v) is 3.79. The maximum Gasteiger partial charge on any atom is 0.245 e. The summed E-state index contributed by atoms with van der Waals surface area (Å²) in [4.78, 5) is 40.9. The monoisotopic (exact) mass is 337 g/mol. The Labute approximate surface area is 144 Å². The molecule has 0 radical (unpaired) electrons. The molecule has 2 fully saturated rings. The summed E-state index contributed by atoms with van der Waals surface area (Å²) in [6.07, 6.45) is 5.69. The Bertz CT molecular complexity index is 472. The summed E-state index contributed by atoms with van der Waals surface area (Å²) in [5.74, 6) is 0.0101. The van der Waals surface area contributed by atoms with Crippen molar-refractivity contribution in [1.29, 1.82) is 0 Å². The van der Waals surface area contributed by atoms with E-state index in [1.807, 2.05) is 20.8 Å². The van der Waals surface area contributed by atoms with Gasteiger partial charge in [0, 0.05) is 25.0 Å². The molecule has 1 aliphatic heterocycles. The fourth-order valence-electron chi connectivity index (χ4n) is 3.79. The number of hydrogen-bond donors (Lipinski definition) is 1. The maximum absolute atomic E-state index is 12.9. The van der Waals surface area contributed by atoms with E-state index in [-0.39, 0.29) is 42.3 Å². The van der Waals surface area contributed by atoms with Crippen LogP contribution in [0.5, 0.6) is 0 Å². The number of rotatable bonds is 6. The van der Waals surface area contributed by atoms with Crippen LogP contribution in [0.15, 0.2) is 0 Å². The van der Waals surface area contributed by atoms with Gasteiger partial charge in [-0.3, -0.25) is 14.4 Å². The molecule has 0 aromatic heterocycles.